The van der Waals surface area contributed by atoms with Crippen LogP contribution in [0.5, 0.6) is 0 Å². The van der Waals surface area contributed by atoms with Crippen molar-refractivity contribution in [3.05, 3.63) is 41.5 Å². The number of amides is 2. The van der Waals surface area contributed by atoms with Crippen LogP contribution in [0.1, 0.15) is 49.5 Å². The van der Waals surface area contributed by atoms with E-state index in [1.807, 2.05) is 9.80 Å². The van der Waals surface area contributed by atoms with Crippen LogP contribution in [0.15, 0.2) is 24.3 Å². The Bertz CT molecular complexity index is 901. The Balaban J connectivity index is 1.39. The van der Waals surface area contributed by atoms with Gasteiger partial charge in [0.1, 0.15) is 17.7 Å². The minimum atomic E-state index is -0.580. The smallest absolute Gasteiger partial charge is 0.247 e. The zero-order valence-corrected chi connectivity index (χ0v) is 17.9. The molecule has 0 radical (unpaired) electrons. The Kier molecular flexibility index (Phi) is 6.58. The van der Waals surface area contributed by atoms with E-state index in [0.717, 1.165) is 44.3 Å². The van der Waals surface area contributed by atoms with Crippen molar-refractivity contribution in [1.82, 2.24) is 30.0 Å². The van der Waals surface area contributed by atoms with E-state index in [0.29, 0.717) is 37.7 Å². The summed E-state index contributed by atoms with van der Waals surface area (Å²) < 4.78 is 14.8. The molecule has 0 saturated carbocycles. The predicted octanol–water partition coefficient (Wildman–Crippen LogP) is 2.16. The van der Waals surface area contributed by atoms with Gasteiger partial charge in [-0.05, 0) is 66.6 Å². The van der Waals surface area contributed by atoms with E-state index >= 15 is 0 Å². The summed E-state index contributed by atoms with van der Waals surface area (Å²) in [6.45, 7) is 4.77. The van der Waals surface area contributed by atoms with Crippen LogP contribution in [0.2, 0.25) is 0 Å². The molecular formula is C22H29FN6O2. The molecule has 2 aliphatic rings. The van der Waals surface area contributed by atoms with Gasteiger partial charge < -0.3 is 9.80 Å². The van der Waals surface area contributed by atoms with E-state index in [1.165, 1.54) is 12.1 Å². The molecule has 0 spiro atoms. The molecule has 0 N–H and O–H groups in total. The van der Waals surface area contributed by atoms with Crippen molar-refractivity contribution in [3.8, 4) is 0 Å². The van der Waals surface area contributed by atoms with Crippen LogP contribution in [-0.2, 0) is 16.0 Å². The number of rotatable bonds is 6. The lowest BCUT2D eigenvalue weighted by atomic mass is 9.92. The number of likely N-dealkylation sites (tertiary alicyclic amines) is 2. The van der Waals surface area contributed by atoms with Crippen molar-refractivity contribution < 1.29 is 14.0 Å². The van der Waals surface area contributed by atoms with Gasteiger partial charge in [-0.25, -0.2) is 9.07 Å². The van der Waals surface area contributed by atoms with Crippen LogP contribution in [0, 0.1) is 18.7 Å². The third-order valence-electron chi connectivity index (χ3n) is 6.43. The third kappa shape index (κ3) is 5.08. The number of halogens is 1. The Morgan fingerprint density at radius 2 is 1.74 bits per heavy atom. The number of tetrazole rings is 1. The minimum Gasteiger partial charge on any atom is -0.343 e. The topological polar surface area (TPSA) is 84.2 Å². The fraction of sp³-hybridized carbons (Fsp3) is 0.591. The minimum absolute atomic E-state index is 0.0379. The second-order valence-corrected chi connectivity index (χ2v) is 8.58. The third-order valence-corrected chi connectivity index (χ3v) is 6.43. The van der Waals surface area contributed by atoms with Crippen molar-refractivity contribution in [2.24, 2.45) is 5.92 Å². The van der Waals surface area contributed by atoms with Crippen LogP contribution < -0.4 is 0 Å². The summed E-state index contributed by atoms with van der Waals surface area (Å²) in [5, 5.41) is 11.7. The van der Waals surface area contributed by atoms with E-state index in [-0.39, 0.29) is 17.6 Å². The van der Waals surface area contributed by atoms with Gasteiger partial charge in [-0.3, -0.25) is 9.59 Å². The largest absolute Gasteiger partial charge is 0.343 e. The molecule has 1 atom stereocenters. The molecule has 2 amide bonds. The molecule has 2 aromatic rings. The molecule has 4 rings (SSSR count). The lowest BCUT2D eigenvalue weighted by molar-refractivity contribution is -0.137. The van der Waals surface area contributed by atoms with Gasteiger partial charge in [-0.2, -0.15) is 0 Å². The molecule has 166 valence electrons. The Hall–Kier alpha value is -2.84. The van der Waals surface area contributed by atoms with Gasteiger partial charge in [0.05, 0.1) is 0 Å². The summed E-state index contributed by atoms with van der Waals surface area (Å²) in [5.74, 6) is 0.787. The van der Waals surface area contributed by atoms with Gasteiger partial charge in [0.2, 0.25) is 11.8 Å². The van der Waals surface area contributed by atoms with Gasteiger partial charge in [-0.1, -0.05) is 12.1 Å². The van der Waals surface area contributed by atoms with Crippen molar-refractivity contribution in [3.63, 3.8) is 0 Å². The summed E-state index contributed by atoms with van der Waals surface area (Å²) >= 11 is 0. The first-order valence-corrected chi connectivity index (χ1v) is 11.1. The number of benzene rings is 1. The number of carbonyl (C=O) groups excluding carboxylic acids is 2. The van der Waals surface area contributed by atoms with Crippen LogP contribution in [-0.4, -0.2) is 68.0 Å². The molecule has 0 bridgehead atoms. The van der Waals surface area contributed by atoms with Crippen molar-refractivity contribution in [2.45, 2.75) is 51.5 Å². The molecule has 9 heteroatoms. The first-order valence-electron chi connectivity index (χ1n) is 11.1. The summed E-state index contributed by atoms with van der Waals surface area (Å²) in [6, 6.07) is 5.58. The highest BCUT2D eigenvalue weighted by molar-refractivity contribution is 5.81. The van der Waals surface area contributed by atoms with Crippen molar-refractivity contribution in [1.29, 1.82) is 0 Å². The van der Waals surface area contributed by atoms with Crippen LogP contribution in [0.25, 0.3) is 0 Å². The SMILES string of the molecule is Cc1nnnn1C(Cc1ccc(F)cc1)C(=O)N1CCC(CC(=O)N2CCCC2)CC1. The summed E-state index contributed by atoms with van der Waals surface area (Å²) in [5.41, 5.74) is 0.848. The molecule has 31 heavy (non-hydrogen) atoms. The maximum atomic E-state index is 13.4. The highest BCUT2D eigenvalue weighted by Crippen LogP contribution is 2.26. The van der Waals surface area contributed by atoms with Crippen LogP contribution in [0.4, 0.5) is 4.39 Å². The number of hydrogen-bond acceptors (Lipinski definition) is 5. The number of carbonyl (C=O) groups is 2. The van der Waals surface area contributed by atoms with E-state index in [4.69, 9.17) is 0 Å². The average molecular weight is 429 g/mol. The van der Waals surface area contributed by atoms with Crippen molar-refractivity contribution >= 4 is 11.8 Å². The lowest BCUT2D eigenvalue weighted by Gasteiger charge is -2.34. The molecule has 1 unspecified atom stereocenters. The Morgan fingerprint density at radius 3 is 2.35 bits per heavy atom. The van der Waals surface area contributed by atoms with E-state index in [1.54, 1.807) is 23.7 Å². The molecule has 1 aromatic carbocycles. The number of nitrogens with zero attached hydrogens (tertiary/aromatic N) is 6. The standard InChI is InChI=1S/C22H29FN6O2/c1-16-24-25-26-29(16)20(14-17-4-6-19(23)7-5-17)22(31)28-12-8-18(9-13-28)15-21(30)27-10-2-3-11-27/h4-7,18,20H,2-3,8-15H2,1H3. The fourth-order valence-electron chi connectivity index (χ4n) is 4.56. The van der Waals surface area contributed by atoms with E-state index in [2.05, 4.69) is 15.5 Å². The molecule has 8 nitrogen and oxygen atoms in total. The molecule has 2 saturated heterocycles. The zero-order valence-electron chi connectivity index (χ0n) is 17.9. The number of aromatic nitrogens is 4. The molecule has 2 aliphatic heterocycles. The molecule has 0 aliphatic carbocycles. The number of aryl methyl sites for hydroxylation is 1. The van der Waals surface area contributed by atoms with Crippen molar-refractivity contribution in [2.75, 3.05) is 26.2 Å². The molecule has 2 fully saturated rings. The Labute approximate surface area is 181 Å². The fourth-order valence-corrected chi connectivity index (χ4v) is 4.56. The van der Waals surface area contributed by atoms with Crippen LogP contribution in [0.3, 0.4) is 0 Å². The van der Waals surface area contributed by atoms with Gasteiger partial charge in [0, 0.05) is 39.0 Å². The molecule has 3 heterocycles. The summed E-state index contributed by atoms with van der Waals surface area (Å²) in [4.78, 5) is 29.7. The second kappa shape index (κ2) is 9.53. The van der Waals surface area contributed by atoms with Gasteiger partial charge in [-0.15, -0.1) is 5.10 Å². The highest BCUT2D eigenvalue weighted by atomic mass is 19.1. The maximum absolute atomic E-state index is 13.4. The first kappa shape index (κ1) is 21.4. The highest BCUT2D eigenvalue weighted by Gasteiger charge is 2.32. The van der Waals surface area contributed by atoms with E-state index < -0.39 is 6.04 Å². The van der Waals surface area contributed by atoms with Gasteiger partial charge in [0.25, 0.3) is 0 Å². The molecular weight excluding hydrogens is 399 g/mol. The summed E-state index contributed by atoms with van der Waals surface area (Å²) in [7, 11) is 0. The normalized spacial score (nSPS) is 18.4. The lowest BCUT2D eigenvalue weighted by Crippen LogP contribution is -2.44. The number of hydrogen-bond donors (Lipinski definition) is 0. The number of piperidine rings is 1. The Morgan fingerprint density at radius 1 is 1.06 bits per heavy atom. The van der Waals surface area contributed by atoms with Gasteiger partial charge in [0.15, 0.2) is 0 Å². The van der Waals surface area contributed by atoms with E-state index in [9.17, 15) is 14.0 Å². The summed E-state index contributed by atoms with van der Waals surface area (Å²) in [6.07, 6.45) is 4.81. The molecule has 1 aromatic heterocycles. The second-order valence-electron chi connectivity index (χ2n) is 8.58. The first-order chi connectivity index (χ1) is 15.0. The predicted molar refractivity (Wildman–Crippen MR) is 111 cm³/mol. The zero-order chi connectivity index (χ0) is 21.8. The maximum Gasteiger partial charge on any atom is 0.247 e. The quantitative estimate of drug-likeness (QED) is 0.704. The van der Waals surface area contributed by atoms with Crippen LogP contribution >= 0.6 is 0 Å². The monoisotopic (exact) mass is 428 g/mol. The average Bonchev–Trinajstić information content (AvgIpc) is 3.46. The van der Waals surface area contributed by atoms with Gasteiger partial charge >= 0.3 is 0 Å².